The normalized spacial score (nSPS) is 17.4. The maximum atomic E-state index is 11.9. The predicted octanol–water partition coefficient (Wildman–Crippen LogP) is 1.32. The second-order valence-electron chi connectivity index (χ2n) is 3.44. The highest BCUT2D eigenvalue weighted by molar-refractivity contribution is 7.89. The van der Waals surface area contributed by atoms with Crippen LogP contribution in [0.2, 0.25) is 5.02 Å². The zero-order valence-corrected chi connectivity index (χ0v) is 9.55. The molecule has 1 aliphatic rings. The lowest BCUT2D eigenvalue weighted by Gasteiger charge is -2.29. The van der Waals surface area contributed by atoms with E-state index in [0.29, 0.717) is 23.8 Å². The summed E-state index contributed by atoms with van der Waals surface area (Å²) in [5.41, 5.74) is 5.85. The fourth-order valence-corrected chi connectivity index (χ4v) is 3.03. The van der Waals surface area contributed by atoms with Gasteiger partial charge < -0.3 is 5.73 Å². The van der Waals surface area contributed by atoms with Crippen LogP contribution in [-0.4, -0.2) is 25.8 Å². The summed E-state index contributed by atoms with van der Waals surface area (Å²) in [6, 6.07) is 4.38. The fourth-order valence-electron chi connectivity index (χ4n) is 1.36. The standard InChI is InChI=1S/C9H11ClN2O2S/c10-8-3-2-7(6-9(8)11)15(13,14)12-4-1-5-12/h2-3,6H,1,4-5,11H2. The van der Waals surface area contributed by atoms with E-state index in [1.165, 1.54) is 22.5 Å². The smallest absolute Gasteiger partial charge is 0.243 e. The van der Waals surface area contributed by atoms with Gasteiger partial charge in [0.2, 0.25) is 10.0 Å². The molecule has 4 nitrogen and oxygen atoms in total. The minimum absolute atomic E-state index is 0.212. The summed E-state index contributed by atoms with van der Waals surface area (Å²) < 4.78 is 25.2. The molecule has 0 spiro atoms. The summed E-state index contributed by atoms with van der Waals surface area (Å²) in [7, 11) is -3.35. The van der Waals surface area contributed by atoms with Gasteiger partial charge in [-0.15, -0.1) is 0 Å². The highest BCUT2D eigenvalue weighted by atomic mass is 35.5. The lowest BCUT2D eigenvalue weighted by atomic mass is 10.3. The van der Waals surface area contributed by atoms with Crippen molar-refractivity contribution in [1.82, 2.24) is 4.31 Å². The third-order valence-corrected chi connectivity index (χ3v) is 4.66. The topological polar surface area (TPSA) is 63.4 Å². The van der Waals surface area contributed by atoms with Crippen molar-refractivity contribution in [1.29, 1.82) is 0 Å². The molecule has 1 fully saturated rings. The zero-order valence-electron chi connectivity index (χ0n) is 7.98. The van der Waals surface area contributed by atoms with E-state index in [2.05, 4.69) is 0 Å². The average molecular weight is 247 g/mol. The van der Waals surface area contributed by atoms with E-state index in [0.717, 1.165) is 6.42 Å². The van der Waals surface area contributed by atoms with Gasteiger partial charge in [0.25, 0.3) is 0 Å². The first-order chi connectivity index (χ1) is 7.01. The first kappa shape index (κ1) is 10.7. The Morgan fingerprint density at radius 2 is 2.00 bits per heavy atom. The van der Waals surface area contributed by atoms with E-state index in [1.54, 1.807) is 0 Å². The van der Waals surface area contributed by atoms with Crippen molar-refractivity contribution in [2.24, 2.45) is 0 Å². The van der Waals surface area contributed by atoms with Crippen molar-refractivity contribution in [2.75, 3.05) is 18.8 Å². The number of nitrogens with zero attached hydrogens (tertiary/aromatic N) is 1. The molecule has 2 rings (SSSR count). The van der Waals surface area contributed by atoms with E-state index in [4.69, 9.17) is 17.3 Å². The Balaban J connectivity index is 2.40. The second kappa shape index (κ2) is 3.66. The van der Waals surface area contributed by atoms with Crippen LogP contribution in [0.5, 0.6) is 0 Å². The predicted molar refractivity (Wildman–Crippen MR) is 59.2 cm³/mol. The summed E-state index contributed by atoms with van der Waals surface area (Å²) in [6.07, 6.45) is 0.919. The molecule has 0 aliphatic carbocycles. The van der Waals surface area contributed by atoms with E-state index >= 15 is 0 Å². The minimum atomic E-state index is -3.35. The van der Waals surface area contributed by atoms with E-state index < -0.39 is 10.0 Å². The SMILES string of the molecule is Nc1cc(S(=O)(=O)N2CCC2)ccc1Cl. The molecule has 0 aromatic heterocycles. The van der Waals surface area contributed by atoms with Crippen LogP contribution in [0.15, 0.2) is 23.1 Å². The van der Waals surface area contributed by atoms with E-state index in [9.17, 15) is 8.42 Å². The lowest BCUT2D eigenvalue weighted by molar-refractivity contribution is 0.309. The molecule has 1 aromatic carbocycles. The summed E-state index contributed by atoms with van der Waals surface area (Å²) in [5, 5.41) is 0.373. The maximum absolute atomic E-state index is 11.9. The quantitative estimate of drug-likeness (QED) is 0.801. The molecular weight excluding hydrogens is 236 g/mol. The summed E-state index contributed by atoms with van der Waals surface area (Å²) in [6.45, 7) is 1.18. The first-order valence-electron chi connectivity index (χ1n) is 4.57. The van der Waals surface area contributed by atoms with Crippen LogP contribution in [0.3, 0.4) is 0 Å². The molecular formula is C9H11ClN2O2S. The van der Waals surface area contributed by atoms with Crippen molar-refractivity contribution in [2.45, 2.75) is 11.3 Å². The van der Waals surface area contributed by atoms with Crippen molar-refractivity contribution in [3.8, 4) is 0 Å². The van der Waals surface area contributed by atoms with Gasteiger partial charge in [-0.1, -0.05) is 11.6 Å². The number of halogens is 1. The Labute approximate surface area is 93.7 Å². The van der Waals surface area contributed by atoms with Crippen LogP contribution in [0.25, 0.3) is 0 Å². The largest absolute Gasteiger partial charge is 0.397 e. The van der Waals surface area contributed by atoms with Crippen molar-refractivity contribution in [3.63, 3.8) is 0 Å². The molecule has 1 aliphatic heterocycles. The van der Waals surface area contributed by atoms with Gasteiger partial charge in [-0.25, -0.2) is 8.42 Å². The van der Waals surface area contributed by atoms with Gasteiger partial charge in [0.05, 0.1) is 15.6 Å². The van der Waals surface area contributed by atoms with Gasteiger partial charge in [0, 0.05) is 13.1 Å². The number of benzene rings is 1. The summed E-state index contributed by atoms with van der Waals surface area (Å²) in [5.74, 6) is 0. The van der Waals surface area contributed by atoms with Gasteiger partial charge in [0.1, 0.15) is 0 Å². The van der Waals surface area contributed by atoms with Crippen molar-refractivity contribution in [3.05, 3.63) is 23.2 Å². The number of hydrogen-bond acceptors (Lipinski definition) is 3. The van der Waals surface area contributed by atoms with Crippen molar-refractivity contribution >= 4 is 27.3 Å². The number of sulfonamides is 1. The first-order valence-corrected chi connectivity index (χ1v) is 6.39. The number of hydrogen-bond donors (Lipinski definition) is 1. The number of anilines is 1. The maximum Gasteiger partial charge on any atom is 0.243 e. The number of rotatable bonds is 2. The molecule has 1 aromatic rings. The fraction of sp³-hybridized carbons (Fsp3) is 0.333. The summed E-state index contributed by atoms with van der Waals surface area (Å²) in [4.78, 5) is 0.212. The molecule has 0 atom stereocenters. The average Bonchev–Trinajstić information content (AvgIpc) is 2.05. The van der Waals surface area contributed by atoms with Gasteiger partial charge in [0.15, 0.2) is 0 Å². The molecule has 0 unspecified atom stereocenters. The van der Waals surface area contributed by atoms with Crippen LogP contribution < -0.4 is 5.73 Å². The van der Waals surface area contributed by atoms with Crippen LogP contribution in [0.4, 0.5) is 5.69 Å². The van der Waals surface area contributed by atoms with Crippen molar-refractivity contribution < 1.29 is 8.42 Å². The lowest BCUT2D eigenvalue weighted by Crippen LogP contribution is -2.41. The number of nitrogens with two attached hydrogens (primary N) is 1. The Morgan fingerprint density at radius 1 is 1.33 bits per heavy atom. The molecule has 0 radical (unpaired) electrons. The molecule has 82 valence electrons. The summed E-state index contributed by atoms with van der Waals surface area (Å²) >= 11 is 5.72. The molecule has 2 N–H and O–H groups in total. The molecule has 15 heavy (non-hydrogen) atoms. The molecule has 1 saturated heterocycles. The molecule has 0 bridgehead atoms. The van der Waals surface area contributed by atoms with Crippen LogP contribution in [0.1, 0.15) is 6.42 Å². The van der Waals surface area contributed by atoms with Crippen LogP contribution in [-0.2, 0) is 10.0 Å². The monoisotopic (exact) mass is 246 g/mol. The van der Waals surface area contributed by atoms with Gasteiger partial charge in [-0.05, 0) is 24.6 Å². The minimum Gasteiger partial charge on any atom is -0.397 e. The van der Waals surface area contributed by atoms with Gasteiger partial charge in [-0.3, -0.25) is 0 Å². The van der Waals surface area contributed by atoms with E-state index in [1.807, 2.05) is 0 Å². The van der Waals surface area contributed by atoms with Gasteiger partial charge >= 0.3 is 0 Å². The van der Waals surface area contributed by atoms with Gasteiger partial charge in [-0.2, -0.15) is 4.31 Å². The Bertz CT molecular complexity index is 483. The highest BCUT2D eigenvalue weighted by Crippen LogP contribution is 2.26. The molecule has 1 heterocycles. The third kappa shape index (κ3) is 1.82. The molecule has 0 amide bonds. The Hall–Kier alpha value is -0.780. The Kier molecular flexibility index (Phi) is 2.62. The molecule has 0 saturated carbocycles. The van der Waals surface area contributed by atoms with Crippen LogP contribution in [0, 0.1) is 0 Å². The highest BCUT2D eigenvalue weighted by Gasteiger charge is 2.29. The zero-order chi connectivity index (χ0) is 11.1. The number of nitrogen functional groups attached to an aromatic ring is 1. The third-order valence-electron chi connectivity index (χ3n) is 2.42. The second-order valence-corrected chi connectivity index (χ2v) is 5.79. The van der Waals surface area contributed by atoms with E-state index in [-0.39, 0.29) is 4.90 Å². The Morgan fingerprint density at radius 3 is 2.47 bits per heavy atom. The van der Waals surface area contributed by atoms with Crippen LogP contribution >= 0.6 is 11.6 Å². The molecule has 6 heteroatoms.